The van der Waals surface area contributed by atoms with Gasteiger partial charge >= 0.3 is 80.3 Å². The van der Waals surface area contributed by atoms with Crippen molar-refractivity contribution >= 4 is 19.4 Å². The molecule has 0 spiro atoms. The second kappa shape index (κ2) is 5.89. The molecule has 1 heteroatoms. The Hall–Kier alpha value is -0.701. The van der Waals surface area contributed by atoms with Gasteiger partial charge in [-0.25, -0.2) is 0 Å². The molecule has 12 heavy (non-hydrogen) atoms. The first-order valence-corrected chi connectivity index (χ1v) is 6.11. The molecule has 1 aromatic rings. The Morgan fingerprint density at radius 3 is 2.67 bits per heavy atom. The molecule has 0 nitrogen and oxygen atoms in total. The van der Waals surface area contributed by atoms with Crippen molar-refractivity contribution in [3.05, 3.63) is 30.3 Å². The van der Waals surface area contributed by atoms with Gasteiger partial charge in [-0.1, -0.05) is 0 Å². The van der Waals surface area contributed by atoms with Crippen LogP contribution in [0.15, 0.2) is 30.3 Å². The molecular formula is C11H12Se. The maximum atomic E-state index is 5.16. The Balaban J connectivity index is 2.21. The average molecular weight is 223 g/mol. The summed E-state index contributed by atoms with van der Waals surface area (Å²) in [6, 6.07) is 10.6. The normalized spacial score (nSPS) is 9.25. The monoisotopic (exact) mass is 224 g/mol. The fourth-order valence-corrected chi connectivity index (χ4v) is 2.71. The number of terminal acetylenes is 1. The van der Waals surface area contributed by atoms with Crippen LogP contribution in [-0.4, -0.2) is 15.0 Å². The van der Waals surface area contributed by atoms with Crippen LogP contribution in [0.4, 0.5) is 0 Å². The van der Waals surface area contributed by atoms with Gasteiger partial charge in [-0.3, -0.25) is 0 Å². The van der Waals surface area contributed by atoms with E-state index in [1.807, 2.05) is 0 Å². The first-order chi connectivity index (χ1) is 5.93. The topological polar surface area (TPSA) is 0 Å². The van der Waals surface area contributed by atoms with Crippen molar-refractivity contribution in [2.45, 2.75) is 18.2 Å². The van der Waals surface area contributed by atoms with Crippen molar-refractivity contribution in [2.75, 3.05) is 0 Å². The van der Waals surface area contributed by atoms with E-state index < -0.39 is 0 Å². The van der Waals surface area contributed by atoms with Crippen LogP contribution >= 0.6 is 0 Å². The van der Waals surface area contributed by atoms with Gasteiger partial charge in [0.25, 0.3) is 0 Å². The van der Waals surface area contributed by atoms with Gasteiger partial charge in [-0.2, -0.15) is 0 Å². The summed E-state index contributed by atoms with van der Waals surface area (Å²) in [5.41, 5.74) is 0. The van der Waals surface area contributed by atoms with E-state index in [9.17, 15) is 0 Å². The zero-order valence-corrected chi connectivity index (χ0v) is 8.71. The number of benzene rings is 1. The molecule has 0 heterocycles. The van der Waals surface area contributed by atoms with E-state index in [1.165, 1.54) is 16.2 Å². The van der Waals surface area contributed by atoms with Gasteiger partial charge < -0.3 is 0 Å². The van der Waals surface area contributed by atoms with Crippen LogP contribution in [0.5, 0.6) is 0 Å². The Labute approximate surface area is 80.5 Å². The van der Waals surface area contributed by atoms with E-state index in [4.69, 9.17) is 6.42 Å². The Bertz CT molecular complexity index is 245. The van der Waals surface area contributed by atoms with Crippen LogP contribution in [0.3, 0.4) is 0 Å². The molecule has 0 unspecified atom stereocenters. The van der Waals surface area contributed by atoms with Crippen molar-refractivity contribution < 1.29 is 0 Å². The predicted octanol–water partition coefficient (Wildman–Crippen LogP) is 1.85. The van der Waals surface area contributed by atoms with Gasteiger partial charge in [0.1, 0.15) is 0 Å². The summed E-state index contributed by atoms with van der Waals surface area (Å²) in [6.45, 7) is 0. The SMILES string of the molecule is C#CCCC[Se]c1ccccc1. The Morgan fingerprint density at radius 1 is 1.25 bits per heavy atom. The van der Waals surface area contributed by atoms with Crippen LogP contribution in [0.25, 0.3) is 0 Å². The number of hydrogen-bond acceptors (Lipinski definition) is 0. The van der Waals surface area contributed by atoms with Crippen molar-refractivity contribution in [3.8, 4) is 12.3 Å². The molecule has 0 bridgehead atoms. The Kier molecular flexibility index (Phi) is 4.61. The number of unbranched alkanes of at least 4 members (excludes halogenated alkanes) is 1. The fourth-order valence-electron chi connectivity index (χ4n) is 0.881. The molecule has 0 radical (unpaired) electrons. The first kappa shape index (κ1) is 9.39. The zero-order chi connectivity index (χ0) is 8.65. The second-order valence-electron chi connectivity index (χ2n) is 2.47. The van der Waals surface area contributed by atoms with Gasteiger partial charge in [0.15, 0.2) is 0 Å². The molecule has 0 aromatic heterocycles. The summed E-state index contributed by atoms with van der Waals surface area (Å²) < 4.78 is 1.47. The molecular weight excluding hydrogens is 211 g/mol. The van der Waals surface area contributed by atoms with Crippen LogP contribution in [0.2, 0.25) is 5.32 Å². The Morgan fingerprint density at radius 2 is 2.00 bits per heavy atom. The molecule has 0 N–H and O–H groups in total. The minimum absolute atomic E-state index is 0.623. The molecule has 0 aliphatic rings. The average Bonchev–Trinajstić information content (AvgIpc) is 2.14. The van der Waals surface area contributed by atoms with Gasteiger partial charge in [0.2, 0.25) is 0 Å². The second-order valence-corrected chi connectivity index (χ2v) is 4.92. The van der Waals surface area contributed by atoms with Crippen molar-refractivity contribution in [3.63, 3.8) is 0 Å². The molecule has 62 valence electrons. The third-order valence-electron chi connectivity index (χ3n) is 1.48. The third kappa shape index (κ3) is 3.62. The molecule has 0 saturated heterocycles. The summed E-state index contributed by atoms with van der Waals surface area (Å²) in [5.74, 6) is 2.66. The summed E-state index contributed by atoms with van der Waals surface area (Å²) in [7, 11) is 0. The van der Waals surface area contributed by atoms with E-state index in [0.717, 1.165) is 6.42 Å². The third-order valence-corrected chi connectivity index (χ3v) is 3.78. The van der Waals surface area contributed by atoms with Crippen LogP contribution in [0.1, 0.15) is 12.8 Å². The number of hydrogen-bond donors (Lipinski definition) is 0. The van der Waals surface area contributed by atoms with E-state index >= 15 is 0 Å². The minimum atomic E-state index is 0.623. The summed E-state index contributed by atoms with van der Waals surface area (Å²) in [6.07, 6.45) is 7.26. The summed E-state index contributed by atoms with van der Waals surface area (Å²) in [5, 5.41) is 1.27. The van der Waals surface area contributed by atoms with Gasteiger partial charge in [-0.05, 0) is 0 Å². The van der Waals surface area contributed by atoms with E-state index in [2.05, 4.69) is 36.3 Å². The summed E-state index contributed by atoms with van der Waals surface area (Å²) in [4.78, 5) is 0. The van der Waals surface area contributed by atoms with Gasteiger partial charge in [0.05, 0.1) is 0 Å². The first-order valence-electron chi connectivity index (χ1n) is 4.05. The predicted molar refractivity (Wildman–Crippen MR) is 54.7 cm³/mol. The molecule has 0 fully saturated rings. The molecule has 0 saturated carbocycles. The standard InChI is InChI=1S/C11H12Se/c1-2-3-7-10-12-11-8-5-4-6-9-11/h1,4-6,8-9H,3,7,10H2. The van der Waals surface area contributed by atoms with Crippen molar-refractivity contribution in [1.82, 2.24) is 0 Å². The molecule has 1 aromatic carbocycles. The number of rotatable bonds is 4. The van der Waals surface area contributed by atoms with E-state index in [1.54, 1.807) is 0 Å². The van der Waals surface area contributed by atoms with Crippen LogP contribution < -0.4 is 4.46 Å². The molecule has 0 amide bonds. The summed E-state index contributed by atoms with van der Waals surface area (Å²) >= 11 is 0.623. The van der Waals surface area contributed by atoms with Crippen molar-refractivity contribution in [1.29, 1.82) is 0 Å². The maximum absolute atomic E-state index is 5.16. The van der Waals surface area contributed by atoms with Crippen LogP contribution in [-0.2, 0) is 0 Å². The fraction of sp³-hybridized carbons (Fsp3) is 0.273. The molecule has 0 aliphatic carbocycles. The quantitative estimate of drug-likeness (QED) is 0.415. The zero-order valence-electron chi connectivity index (χ0n) is 6.99. The van der Waals surface area contributed by atoms with Gasteiger partial charge in [0, 0.05) is 0 Å². The van der Waals surface area contributed by atoms with Crippen LogP contribution in [0, 0.1) is 12.3 Å². The van der Waals surface area contributed by atoms with Gasteiger partial charge in [-0.15, -0.1) is 0 Å². The van der Waals surface area contributed by atoms with Crippen molar-refractivity contribution in [2.24, 2.45) is 0 Å². The van der Waals surface area contributed by atoms with E-state index in [-0.39, 0.29) is 0 Å². The molecule has 1 rings (SSSR count). The molecule has 0 aliphatic heterocycles. The van der Waals surface area contributed by atoms with E-state index in [0.29, 0.717) is 15.0 Å². The molecule has 0 atom stereocenters.